The van der Waals surface area contributed by atoms with Crippen LogP contribution in [0.15, 0.2) is 54.6 Å². The average molecular weight is 334 g/mol. The van der Waals surface area contributed by atoms with Gasteiger partial charge in [0.25, 0.3) is 0 Å². The highest BCUT2D eigenvalue weighted by Gasteiger charge is 2.12. The number of carboxylic acids is 1. The zero-order valence-corrected chi connectivity index (χ0v) is 14.4. The first kappa shape index (κ1) is 18.4. The Hall–Kier alpha value is -2.90. The van der Waals surface area contributed by atoms with Crippen LogP contribution < -0.4 is 5.73 Å². The summed E-state index contributed by atoms with van der Waals surface area (Å²) in [4.78, 5) is 11.0. The van der Waals surface area contributed by atoms with Crippen molar-refractivity contribution in [1.82, 2.24) is 0 Å². The van der Waals surface area contributed by atoms with Crippen LogP contribution in [0.25, 0.3) is 5.57 Å². The molecule has 0 bridgehead atoms. The lowest BCUT2D eigenvalue weighted by atomic mass is 9.93. The number of nitriles is 1. The summed E-state index contributed by atoms with van der Waals surface area (Å²) in [5, 5.41) is 18.0. The molecule has 2 aromatic carbocycles. The topological polar surface area (TPSA) is 87.1 Å². The quantitative estimate of drug-likeness (QED) is 0.838. The molecule has 0 aromatic heterocycles. The number of hydrogen-bond donors (Lipinski definition) is 2. The predicted molar refractivity (Wildman–Crippen MR) is 99.0 cm³/mol. The lowest BCUT2D eigenvalue weighted by Gasteiger charge is -2.12. The Bertz CT molecular complexity index is 797. The van der Waals surface area contributed by atoms with Crippen molar-refractivity contribution in [3.63, 3.8) is 0 Å². The highest BCUT2D eigenvalue weighted by molar-refractivity contribution is 5.81. The molecule has 0 fully saturated rings. The molecule has 128 valence electrons. The third kappa shape index (κ3) is 4.79. The van der Waals surface area contributed by atoms with Crippen LogP contribution in [0.1, 0.15) is 48.4 Å². The van der Waals surface area contributed by atoms with E-state index in [1.807, 2.05) is 30.3 Å². The van der Waals surface area contributed by atoms with Crippen LogP contribution in [-0.4, -0.2) is 17.1 Å². The molecule has 4 heteroatoms. The molecule has 0 aliphatic rings. The molecule has 25 heavy (non-hydrogen) atoms. The van der Waals surface area contributed by atoms with Crippen LogP contribution in [0.2, 0.25) is 0 Å². The summed E-state index contributed by atoms with van der Waals surface area (Å²) in [6, 6.07) is 16.6. The van der Waals surface area contributed by atoms with E-state index in [1.54, 1.807) is 12.1 Å². The highest BCUT2D eigenvalue weighted by atomic mass is 16.4. The lowest BCUT2D eigenvalue weighted by Crippen LogP contribution is -2.29. The summed E-state index contributed by atoms with van der Waals surface area (Å²) in [7, 11) is 0. The van der Waals surface area contributed by atoms with Gasteiger partial charge < -0.3 is 10.8 Å². The fourth-order valence-corrected chi connectivity index (χ4v) is 2.52. The lowest BCUT2D eigenvalue weighted by molar-refractivity contribution is -0.138. The Morgan fingerprint density at radius 2 is 1.64 bits per heavy atom. The molecule has 1 atom stereocenters. The summed E-state index contributed by atoms with van der Waals surface area (Å²) in [6.45, 7) is 4.27. The number of nitrogens with two attached hydrogens (primary N) is 1. The second-order valence-electron chi connectivity index (χ2n) is 6.26. The van der Waals surface area contributed by atoms with E-state index >= 15 is 0 Å². The number of carboxylic acid groups (broad SMARTS) is 1. The van der Waals surface area contributed by atoms with Gasteiger partial charge in [-0.15, -0.1) is 0 Å². The summed E-state index contributed by atoms with van der Waals surface area (Å²) in [5.74, 6) is -0.581. The Labute approximate surface area is 148 Å². The number of nitrogens with zero attached hydrogens (tertiary/aromatic N) is 1. The van der Waals surface area contributed by atoms with Crippen LogP contribution in [0, 0.1) is 11.3 Å². The fourth-order valence-electron chi connectivity index (χ4n) is 2.52. The van der Waals surface area contributed by atoms with E-state index in [0.717, 1.165) is 16.7 Å². The fraction of sp³-hybridized carbons (Fsp3) is 0.238. The Kier molecular flexibility index (Phi) is 6.10. The first-order chi connectivity index (χ1) is 11.9. The maximum Gasteiger partial charge on any atom is 0.320 e. The maximum absolute atomic E-state index is 11.0. The molecule has 3 N–H and O–H groups in total. The number of aliphatic carboxylic acids is 1. The van der Waals surface area contributed by atoms with E-state index in [2.05, 4.69) is 32.0 Å². The van der Waals surface area contributed by atoms with Gasteiger partial charge in [0, 0.05) is 0 Å². The minimum atomic E-state index is -1.02. The zero-order valence-electron chi connectivity index (χ0n) is 14.4. The minimum absolute atomic E-state index is 0.233. The van der Waals surface area contributed by atoms with Gasteiger partial charge in [-0.2, -0.15) is 5.26 Å². The summed E-state index contributed by atoms with van der Waals surface area (Å²) in [6.07, 6.45) is 2.08. The first-order valence-electron chi connectivity index (χ1n) is 8.21. The van der Waals surface area contributed by atoms with Crippen molar-refractivity contribution < 1.29 is 9.90 Å². The molecule has 0 saturated carbocycles. The van der Waals surface area contributed by atoms with Gasteiger partial charge in [0.15, 0.2) is 0 Å². The van der Waals surface area contributed by atoms with Gasteiger partial charge >= 0.3 is 5.97 Å². The Balaban J connectivity index is 2.42. The van der Waals surface area contributed by atoms with Crippen molar-refractivity contribution in [2.45, 2.75) is 32.2 Å². The number of hydrogen-bond acceptors (Lipinski definition) is 3. The van der Waals surface area contributed by atoms with E-state index in [0.29, 0.717) is 11.5 Å². The van der Waals surface area contributed by atoms with Crippen molar-refractivity contribution in [1.29, 1.82) is 5.26 Å². The monoisotopic (exact) mass is 334 g/mol. The molecular weight excluding hydrogens is 312 g/mol. The number of carbonyl (C=O) groups is 1. The van der Waals surface area contributed by atoms with Crippen molar-refractivity contribution >= 4 is 11.5 Å². The van der Waals surface area contributed by atoms with Gasteiger partial charge in [-0.05, 0) is 46.7 Å². The largest absolute Gasteiger partial charge is 0.480 e. The van der Waals surface area contributed by atoms with Crippen molar-refractivity contribution in [3.8, 4) is 6.07 Å². The normalized spacial score (nSPS) is 12.7. The Morgan fingerprint density at radius 3 is 2.08 bits per heavy atom. The van der Waals surface area contributed by atoms with E-state index in [9.17, 15) is 4.79 Å². The van der Waals surface area contributed by atoms with Crippen LogP contribution in [0.5, 0.6) is 0 Å². The van der Waals surface area contributed by atoms with E-state index < -0.39 is 12.0 Å². The van der Waals surface area contributed by atoms with Gasteiger partial charge in [-0.3, -0.25) is 4.79 Å². The molecule has 1 unspecified atom stereocenters. The Morgan fingerprint density at radius 1 is 1.12 bits per heavy atom. The molecule has 2 rings (SSSR count). The molecule has 0 spiro atoms. The van der Waals surface area contributed by atoms with Crippen LogP contribution in [0.4, 0.5) is 0 Å². The molecule has 4 nitrogen and oxygen atoms in total. The summed E-state index contributed by atoms with van der Waals surface area (Å²) < 4.78 is 0. The smallest absolute Gasteiger partial charge is 0.320 e. The standard InChI is InChI=1S/C21H22N2O2/c1-14(2)16-7-9-18(10-8-16)19(11-12-20(23)21(24)25)17-5-3-15(13-22)4-6-17/h3-11,14,20H,12,23H2,1-2H3,(H,24,25)/b19-11+. The summed E-state index contributed by atoms with van der Waals surface area (Å²) >= 11 is 0. The van der Waals surface area contributed by atoms with Gasteiger partial charge in [-0.1, -0.05) is 56.3 Å². The van der Waals surface area contributed by atoms with Crippen LogP contribution in [0.3, 0.4) is 0 Å². The van der Waals surface area contributed by atoms with Crippen LogP contribution in [-0.2, 0) is 4.79 Å². The third-order valence-corrected chi connectivity index (χ3v) is 4.11. The molecule has 0 aliphatic heterocycles. The van der Waals surface area contributed by atoms with Crippen LogP contribution >= 0.6 is 0 Å². The minimum Gasteiger partial charge on any atom is -0.480 e. The zero-order chi connectivity index (χ0) is 18.4. The average Bonchev–Trinajstić information content (AvgIpc) is 2.62. The van der Waals surface area contributed by atoms with E-state index in [-0.39, 0.29) is 6.42 Å². The van der Waals surface area contributed by atoms with E-state index in [4.69, 9.17) is 16.1 Å². The van der Waals surface area contributed by atoms with Gasteiger partial charge in [0.05, 0.1) is 11.6 Å². The highest BCUT2D eigenvalue weighted by Crippen LogP contribution is 2.26. The predicted octanol–water partition coefficient (Wildman–Crippen LogP) is 3.92. The second-order valence-corrected chi connectivity index (χ2v) is 6.26. The molecule has 0 aliphatic carbocycles. The SMILES string of the molecule is CC(C)c1ccc(/C(=C/CC(N)C(=O)O)c2ccc(C#N)cc2)cc1. The molecule has 0 heterocycles. The molecule has 0 radical (unpaired) electrons. The molecule has 0 saturated heterocycles. The van der Waals surface area contributed by atoms with Crippen molar-refractivity contribution in [3.05, 3.63) is 76.9 Å². The number of benzene rings is 2. The third-order valence-electron chi connectivity index (χ3n) is 4.11. The van der Waals surface area contributed by atoms with Gasteiger partial charge in [-0.25, -0.2) is 0 Å². The van der Waals surface area contributed by atoms with Gasteiger partial charge in [0.1, 0.15) is 6.04 Å². The molecule has 0 amide bonds. The van der Waals surface area contributed by atoms with Crippen molar-refractivity contribution in [2.24, 2.45) is 5.73 Å². The molecular formula is C21H22N2O2. The van der Waals surface area contributed by atoms with E-state index in [1.165, 1.54) is 5.56 Å². The molecule has 2 aromatic rings. The van der Waals surface area contributed by atoms with Gasteiger partial charge in [0.2, 0.25) is 0 Å². The second kappa shape index (κ2) is 8.27. The maximum atomic E-state index is 11.0. The number of rotatable bonds is 6. The first-order valence-corrected chi connectivity index (χ1v) is 8.21. The summed E-state index contributed by atoms with van der Waals surface area (Å²) in [5.41, 5.74) is 10.3. The van der Waals surface area contributed by atoms with Crippen molar-refractivity contribution in [2.75, 3.05) is 0 Å².